The van der Waals surface area contributed by atoms with Gasteiger partial charge in [-0.3, -0.25) is 9.78 Å². The van der Waals surface area contributed by atoms with Crippen LogP contribution in [0.3, 0.4) is 0 Å². The van der Waals surface area contributed by atoms with E-state index >= 15 is 0 Å². The number of anilines is 1. The van der Waals surface area contributed by atoms with Crippen molar-refractivity contribution in [3.63, 3.8) is 0 Å². The van der Waals surface area contributed by atoms with Gasteiger partial charge in [-0.2, -0.15) is 9.78 Å². The fraction of sp³-hybridized carbons (Fsp3) is 0.152. The minimum Gasteiger partial charge on any atom is -0.343 e. The first-order valence-electron chi connectivity index (χ1n) is 13.4. The minimum absolute atomic E-state index is 0.141. The summed E-state index contributed by atoms with van der Waals surface area (Å²) in [5.41, 5.74) is 8.35. The summed E-state index contributed by atoms with van der Waals surface area (Å²) in [5, 5.41) is 9.48. The van der Waals surface area contributed by atoms with Crippen LogP contribution >= 0.6 is 0 Å². The number of benzene rings is 2. The van der Waals surface area contributed by atoms with Crippen LogP contribution in [-0.2, 0) is 6.42 Å². The molecule has 5 aromatic rings. The van der Waals surface area contributed by atoms with Crippen LogP contribution in [0.15, 0.2) is 103 Å². The van der Waals surface area contributed by atoms with Gasteiger partial charge in [-0.25, -0.2) is 4.98 Å². The Balaban J connectivity index is 1.43. The normalized spacial score (nSPS) is 15.3. The molecule has 0 saturated carbocycles. The molecule has 2 aromatic carbocycles. The molecule has 3 aromatic heterocycles. The first-order valence-corrected chi connectivity index (χ1v) is 13.4. The zero-order valence-electron chi connectivity index (χ0n) is 21.5. The maximum Gasteiger partial charge on any atom is 0.280 e. The lowest BCUT2D eigenvalue weighted by Gasteiger charge is -2.24. The van der Waals surface area contributed by atoms with E-state index in [1.165, 1.54) is 12.0 Å². The van der Waals surface area contributed by atoms with Gasteiger partial charge >= 0.3 is 0 Å². The zero-order chi connectivity index (χ0) is 26.2. The van der Waals surface area contributed by atoms with Gasteiger partial charge in [0.05, 0.1) is 16.8 Å². The van der Waals surface area contributed by atoms with Crippen LogP contribution in [0.2, 0.25) is 0 Å². The second kappa shape index (κ2) is 9.80. The van der Waals surface area contributed by atoms with E-state index in [9.17, 15) is 4.79 Å². The lowest BCUT2D eigenvalue weighted by atomic mass is 9.88. The van der Waals surface area contributed by atoms with E-state index in [-0.39, 0.29) is 5.91 Å². The molecule has 0 spiro atoms. The Morgan fingerprint density at radius 3 is 2.51 bits per heavy atom. The van der Waals surface area contributed by atoms with Crippen molar-refractivity contribution in [3.8, 4) is 11.3 Å². The lowest BCUT2D eigenvalue weighted by Crippen LogP contribution is -2.27. The maximum absolute atomic E-state index is 14.4. The molecule has 0 amide bonds. The number of nitrogens with zero attached hydrogens (tertiary/aromatic N) is 4. The van der Waals surface area contributed by atoms with Crippen molar-refractivity contribution in [3.05, 3.63) is 120 Å². The molecule has 1 aliphatic carbocycles. The maximum atomic E-state index is 14.4. The molecule has 0 fully saturated rings. The third kappa shape index (κ3) is 4.24. The van der Waals surface area contributed by atoms with Gasteiger partial charge in [-0.05, 0) is 67.2 Å². The van der Waals surface area contributed by atoms with Crippen LogP contribution in [0.1, 0.15) is 47.3 Å². The smallest absolute Gasteiger partial charge is 0.280 e. The van der Waals surface area contributed by atoms with Crippen LogP contribution in [0.4, 0.5) is 5.82 Å². The summed E-state index contributed by atoms with van der Waals surface area (Å²) in [7, 11) is 0. The SMILES string of the molecule is O=C1C(c2ccc3ncccc3c2)=C(Nc2ccccn2)Cc2c(C3=CCCCC3)c(-c3ccccc3)nn21. The van der Waals surface area contributed by atoms with E-state index in [2.05, 4.69) is 33.5 Å². The molecule has 7 rings (SSSR count). The molecule has 190 valence electrons. The van der Waals surface area contributed by atoms with E-state index in [1.54, 1.807) is 17.1 Å². The Hall–Kier alpha value is -4.84. The molecule has 0 unspecified atom stereocenters. The molecule has 2 aliphatic rings. The average Bonchev–Trinajstić information content (AvgIpc) is 3.38. The standard InChI is InChI=1S/C33H27N5O/c39-33-30(25-16-17-26-24(20-25)14-9-19-34-26)27(36-29-15-7-8-18-35-29)21-28-31(22-10-3-1-4-11-22)32(37-38(28)33)23-12-5-2-6-13-23/h2,5-10,12-20H,1,3-4,11,21H2,(H,35,36). The van der Waals surface area contributed by atoms with Crippen molar-refractivity contribution in [2.75, 3.05) is 5.32 Å². The van der Waals surface area contributed by atoms with Crippen molar-refractivity contribution < 1.29 is 4.79 Å². The molecular weight excluding hydrogens is 482 g/mol. The summed E-state index contributed by atoms with van der Waals surface area (Å²) < 4.78 is 1.64. The highest BCUT2D eigenvalue weighted by Gasteiger charge is 2.34. The van der Waals surface area contributed by atoms with E-state index in [0.717, 1.165) is 63.9 Å². The van der Waals surface area contributed by atoms with E-state index in [1.807, 2.05) is 66.7 Å². The third-order valence-corrected chi connectivity index (χ3v) is 7.53. The molecular formula is C33H27N5O. The van der Waals surface area contributed by atoms with Gasteiger partial charge in [0.25, 0.3) is 5.91 Å². The quantitative estimate of drug-likeness (QED) is 0.272. The molecule has 39 heavy (non-hydrogen) atoms. The molecule has 0 atom stereocenters. The zero-order valence-corrected chi connectivity index (χ0v) is 21.5. The monoisotopic (exact) mass is 509 g/mol. The van der Waals surface area contributed by atoms with Gasteiger partial charge in [-0.15, -0.1) is 0 Å². The van der Waals surface area contributed by atoms with Crippen LogP contribution < -0.4 is 5.32 Å². The third-order valence-electron chi connectivity index (χ3n) is 7.53. The molecule has 0 radical (unpaired) electrons. The summed E-state index contributed by atoms with van der Waals surface area (Å²) in [6.45, 7) is 0. The summed E-state index contributed by atoms with van der Waals surface area (Å²) >= 11 is 0. The Bertz CT molecular complexity index is 1770. The van der Waals surface area contributed by atoms with Gasteiger partial charge in [0.2, 0.25) is 0 Å². The Morgan fingerprint density at radius 1 is 0.821 bits per heavy atom. The highest BCUT2D eigenvalue weighted by molar-refractivity contribution is 6.23. The number of aromatic nitrogens is 4. The van der Waals surface area contributed by atoms with Gasteiger partial charge < -0.3 is 5.32 Å². The molecule has 1 N–H and O–H groups in total. The number of rotatable bonds is 5. The highest BCUT2D eigenvalue weighted by atomic mass is 16.2. The fourth-order valence-electron chi connectivity index (χ4n) is 5.70. The number of hydrogen-bond acceptors (Lipinski definition) is 5. The van der Waals surface area contributed by atoms with Gasteiger partial charge in [0.15, 0.2) is 0 Å². The number of carbonyl (C=O) groups excluding carboxylic acids is 1. The lowest BCUT2D eigenvalue weighted by molar-refractivity contribution is 0.0958. The average molecular weight is 510 g/mol. The molecule has 6 nitrogen and oxygen atoms in total. The number of allylic oxidation sites excluding steroid dienone is 4. The van der Waals surface area contributed by atoms with Crippen molar-refractivity contribution in [1.29, 1.82) is 0 Å². The number of fused-ring (bicyclic) bond motifs is 2. The van der Waals surface area contributed by atoms with Crippen molar-refractivity contribution in [2.45, 2.75) is 32.1 Å². The number of carbonyl (C=O) groups is 1. The van der Waals surface area contributed by atoms with Gasteiger partial charge in [0, 0.05) is 41.0 Å². The fourth-order valence-corrected chi connectivity index (χ4v) is 5.70. The van der Waals surface area contributed by atoms with Gasteiger partial charge in [0.1, 0.15) is 11.5 Å². The van der Waals surface area contributed by atoms with Crippen molar-refractivity contribution >= 4 is 33.8 Å². The van der Waals surface area contributed by atoms with E-state index < -0.39 is 0 Å². The highest BCUT2D eigenvalue weighted by Crippen LogP contribution is 2.40. The minimum atomic E-state index is -0.141. The van der Waals surface area contributed by atoms with Gasteiger partial charge in [-0.1, -0.05) is 54.6 Å². The summed E-state index contributed by atoms with van der Waals surface area (Å²) in [6.07, 6.45) is 10.8. The first-order chi connectivity index (χ1) is 19.3. The molecule has 1 aliphatic heterocycles. The topological polar surface area (TPSA) is 72.7 Å². The van der Waals surface area contributed by atoms with E-state index in [4.69, 9.17) is 5.10 Å². The predicted octanol–water partition coefficient (Wildman–Crippen LogP) is 7.17. The molecule has 0 saturated heterocycles. The van der Waals surface area contributed by atoms with Crippen LogP contribution in [0, 0.1) is 0 Å². The van der Waals surface area contributed by atoms with E-state index in [0.29, 0.717) is 17.8 Å². The summed E-state index contributed by atoms with van der Waals surface area (Å²) in [5.74, 6) is 0.563. The van der Waals surface area contributed by atoms with Crippen LogP contribution in [-0.4, -0.2) is 25.7 Å². The second-order valence-electron chi connectivity index (χ2n) is 10.0. The van der Waals surface area contributed by atoms with Crippen molar-refractivity contribution in [2.24, 2.45) is 0 Å². The number of nitrogens with one attached hydrogen (secondary N) is 1. The first kappa shape index (κ1) is 23.3. The van der Waals surface area contributed by atoms with Crippen LogP contribution in [0.5, 0.6) is 0 Å². The Kier molecular flexibility index (Phi) is 5.85. The number of pyridine rings is 2. The molecule has 6 heteroatoms. The molecule has 4 heterocycles. The second-order valence-corrected chi connectivity index (χ2v) is 10.0. The van der Waals surface area contributed by atoms with Crippen LogP contribution in [0.25, 0.3) is 33.3 Å². The van der Waals surface area contributed by atoms with Crippen molar-refractivity contribution in [1.82, 2.24) is 19.7 Å². The number of hydrogen-bond donors (Lipinski definition) is 1. The Labute approximate surface area is 226 Å². The molecule has 0 bridgehead atoms. The Morgan fingerprint density at radius 2 is 1.69 bits per heavy atom. The summed E-state index contributed by atoms with van der Waals surface area (Å²) in [6, 6.07) is 25.9. The summed E-state index contributed by atoms with van der Waals surface area (Å²) in [4.78, 5) is 23.3. The predicted molar refractivity (Wildman–Crippen MR) is 155 cm³/mol. The largest absolute Gasteiger partial charge is 0.343 e.